The van der Waals surface area contributed by atoms with Crippen LogP contribution in [0.25, 0.3) is 6.08 Å². The van der Waals surface area contributed by atoms with Crippen LogP contribution in [0.5, 0.6) is 0 Å². The molecule has 0 saturated heterocycles. The summed E-state index contributed by atoms with van der Waals surface area (Å²) in [7, 11) is 0. The second-order valence-electron chi connectivity index (χ2n) is 6.68. The molecule has 0 heterocycles. The van der Waals surface area contributed by atoms with Crippen molar-refractivity contribution < 1.29 is 0 Å². The van der Waals surface area contributed by atoms with Crippen molar-refractivity contribution in [3.8, 4) is 0 Å². The molecule has 3 aromatic carbocycles. The van der Waals surface area contributed by atoms with Gasteiger partial charge >= 0.3 is 0 Å². The molecule has 0 bridgehead atoms. The topological polar surface area (TPSA) is 24.4 Å². The third-order valence-electron chi connectivity index (χ3n) is 4.90. The van der Waals surface area contributed by atoms with E-state index in [0.717, 1.165) is 23.4 Å². The molecule has 1 N–H and O–H groups in total. The Hall–Kier alpha value is -3.13. The fraction of sp³-hybridized carbons (Fsp3) is 0.125. The molecule has 0 fully saturated rings. The molecule has 128 valence electrons. The molecule has 2 nitrogen and oxygen atoms in total. The number of para-hydroxylation sites is 1. The number of fused-ring (bicyclic) bond motifs is 1. The predicted octanol–water partition coefficient (Wildman–Crippen LogP) is 6.09. The number of nitrogens with one attached hydrogen (secondary N) is 1. The maximum absolute atomic E-state index is 4.77. The van der Waals surface area contributed by atoms with E-state index in [-0.39, 0.29) is 0 Å². The van der Waals surface area contributed by atoms with Crippen LogP contribution in [0.2, 0.25) is 0 Å². The minimum absolute atomic E-state index is 0.378. The molecule has 0 spiro atoms. The number of hydrogen-bond donors (Lipinski definition) is 1. The third-order valence-corrected chi connectivity index (χ3v) is 4.90. The van der Waals surface area contributed by atoms with Gasteiger partial charge in [-0.05, 0) is 35.7 Å². The molecule has 1 atom stereocenters. The summed E-state index contributed by atoms with van der Waals surface area (Å²) in [5.74, 6) is 0.378. The highest BCUT2D eigenvalue weighted by atomic mass is 15.3. The molecule has 3 aromatic rings. The molecular weight excluding hydrogens is 316 g/mol. The lowest BCUT2D eigenvalue weighted by Gasteiger charge is -2.17. The van der Waals surface area contributed by atoms with Crippen molar-refractivity contribution in [2.24, 2.45) is 5.10 Å². The van der Waals surface area contributed by atoms with Gasteiger partial charge in [-0.2, -0.15) is 5.10 Å². The lowest BCUT2D eigenvalue weighted by molar-refractivity contribution is 0.852. The first-order chi connectivity index (χ1) is 12.8. The van der Waals surface area contributed by atoms with Crippen LogP contribution in [-0.2, 0) is 0 Å². The third kappa shape index (κ3) is 3.45. The first-order valence-electron chi connectivity index (χ1n) is 9.01. The summed E-state index contributed by atoms with van der Waals surface area (Å²) in [4.78, 5) is 0. The van der Waals surface area contributed by atoms with E-state index in [1.165, 1.54) is 16.7 Å². The molecule has 1 unspecified atom stereocenters. The molecule has 1 aliphatic carbocycles. The van der Waals surface area contributed by atoms with Crippen LogP contribution in [0.3, 0.4) is 0 Å². The van der Waals surface area contributed by atoms with Crippen molar-refractivity contribution in [2.75, 3.05) is 5.43 Å². The van der Waals surface area contributed by atoms with Gasteiger partial charge in [-0.1, -0.05) is 84.4 Å². The highest BCUT2D eigenvalue weighted by Crippen LogP contribution is 2.38. The van der Waals surface area contributed by atoms with Gasteiger partial charge in [0.05, 0.1) is 11.4 Å². The van der Waals surface area contributed by atoms with Gasteiger partial charge in [0.2, 0.25) is 0 Å². The largest absolute Gasteiger partial charge is 0.278 e. The van der Waals surface area contributed by atoms with Gasteiger partial charge < -0.3 is 0 Å². The normalized spacial score (nSPS) is 16.1. The number of allylic oxidation sites excluding steroid dienone is 1. The van der Waals surface area contributed by atoms with E-state index < -0.39 is 0 Å². The number of nitrogens with zero attached hydrogens (tertiary/aromatic N) is 1. The van der Waals surface area contributed by atoms with E-state index in [4.69, 9.17) is 5.10 Å². The smallest absolute Gasteiger partial charge is 0.0688 e. The first kappa shape index (κ1) is 16.3. The molecule has 0 aromatic heterocycles. The maximum Gasteiger partial charge on any atom is 0.0688 e. The zero-order chi connectivity index (χ0) is 17.8. The number of hydrogen-bond acceptors (Lipinski definition) is 2. The Labute approximate surface area is 154 Å². The fourth-order valence-electron chi connectivity index (χ4n) is 3.52. The van der Waals surface area contributed by atoms with Crippen molar-refractivity contribution in [3.05, 3.63) is 107 Å². The standard InChI is InChI=1S/C24H22N2/c1-18-16-20-12-8-9-15-22(20)23(18)17-24(19-10-4-2-5-11-19)26-25-21-13-6-3-7-14-21/h2-16,23,25H,17H2,1H3. The molecule has 0 aliphatic heterocycles. The monoisotopic (exact) mass is 338 g/mol. The van der Waals surface area contributed by atoms with Gasteiger partial charge in [-0.25, -0.2) is 0 Å². The van der Waals surface area contributed by atoms with Gasteiger partial charge in [0.1, 0.15) is 0 Å². The Morgan fingerprint density at radius 3 is 2.27 bits per heavy atom. The molecule has 4 rings (SSSR count). The Balaban J connectivity index is 1.65. The molecule has 1 aliphatic rings. The Kier molecular flexibility index (Phi) is 4.65. The van der Waals surface area contributed by atoms with Crippen molar-refractivity contribution >= 4 is 17.5 Å². The zero-order valence-electron chi connectivity index (χ0n) is 14.9. The Morgan fingerprint density at radius 2 is 1.50 bits per heavy atom. The summed E-state index contributed by atoms with van der Waals surface area (Å²) in [6.45, 7) is 2.22. The highest BCUT2D eigenvalue weighted by Gasteiger charge is 2.24. The molecule has 0 amide bonds. The number of rotatable bonds is 5. The SMILES string of the molecule is CC1=Cc2ccccc2C1CC(=NNc1ccccc1)c1ccccc1. The number of hydrazone groups is 1. The predicted molar refractivity (Wildman–Crippen MR) is 110 cm³/mol. The fourth-order valence-corrected chi connectivity index (χ4v) is 3.52. The number of anilines is 1. The quantitative estimate of drug-likeness (QED) is 0.441. The van der Waals surface area contributed by atoms with Crippen LogP contribution in [0.1, 0.15) is 36.0 Å². The first-order valence-corrected chi connectivity index (χ1v) is 9.01. The van der Waals surface area contributed by atoms with Crippen LogP contribution < -0.4 is 5.43 Å². The van der Waals surface area contributed by atoms with E-state index in [0.29, 0.717) is 5.92 Å². The lowest BCUT2D eigenvalue weighted by atomic mass is 9.89. The molecule has 26 heavy (non-hydrogen) atoms. The summed E-state index contributed by atoms with van der Waals surface area (Å²) in [6.07, 6.45) is 3.18. The maximum atomic E-state index is 4.77. The Bertz CT molecular complexity index is 940. The van der Waals surface area contributed by atoms with Crippen molar-refractivity contribution in [1.29, 1.82) is 0 Å². The second-order valence-corrected chi connectivity index (χ2v) is 6.68. The summed E-state index contributed by atoms with van der Waals surface area (Å²) in [6, 6.07) is 29.2. The average Bonchev–Trinajstić information content (AvgIpc) is 3.01. The average molecular weight is 338 g/mol. The van der Waals surface area contributed by atoms with Crippen molar-refractivity contribution in [2.45, 2.75) is 19.3 Å². The van der Waals surface area contributed by atoms with E-state index in [9.17, 15) is 0 Å². The van der Waals surface area contributed by atoms with Crippen LogP contribution >= 0.6 is 0 Å². The zero-order valence-corrected chi connectivity index (χ0v) is 14.9. The van der Waals surface area contributed by atoms with Gasteiger partial charge in [-0.3, -0.25) is 5.43 Å². The minimum atomic E-state index is 0.378. The van der Waals surface area contributed by atoms with E-state index in [1.54, 1.807) is 0 Å². The van der Waals surface area contributed by atoms with Gasteiger partial charge in [-0.15, -0.1) is 0 Å². The summed E-state index contributed by atoms with van der Waals surface area (Å²) >= 11 is 0. The summed E-state index contributed by atoms with van der Waals surface area (Å²) < 4.78 is 0. The van der Waals surface area contributed by atoms with Gasteiger partial charge in [0.25, 0.3) is 0 Å². The van der Waals surface area contributed by atoms with Crippen molar-refractivity contribution in [3.63, 3.8) is 0 Å². The van der Waals surface area contributed by atoms with Gasteiger partial charge in [0, 0.05) is 12.3 Å². The van der Waals surface area contributed by atoms with E-state index >= 15 is 0 Å². The lowest BCUT2D eigenvalue weighted by Crippen LogP contribution is -2.10. The Morgan fingerprint density at radius 1 is 0.846 bits per heavy atom. The highest BCUT2D eigenvalue weighted by molar-refractivity contribution is 6.02. The van der Waals surface area contributed by atoms with Crippen LogP contribution in [0.15, 0.2) is 95.6 Å². The van der Waals surface area contributed by atoms with Crippen LogP contribution in [0, 0.1) is 0 Å². The van der Waals surface area contributed by atoms with Crippen molar-refractivity contribution in [1.82, 2.24) is 0 Å². The summed E-state index contributed by atoms with van der Waals surface area (Å²) in [5.41, 5.74) is 10.6. The molecule has 0 saturated carbocycles. The van der Waals surface area contributed by atoms with E-state index in [1.807, 2.05) is 36.4 Å². The van der Waals surface area contributed by atoms with E-state index in [2.05, 4.69) is 67.0 Å². The molecule has 0 radical (unpaired) electrons. The van der Waals surface area contributed by atoms with Crippen LogP contribution in [0.4, 0.5) is 5.69 Å². The molecular formula is C24H22N2. The minimum Gasteiger partial charge on any atom is -0.278 e. The summed E-state index contributed by atoms with van der Waals surface area (Å²) in [5, 5.41) is 4.77. The molecule has 2 heteroatoms. The number of benzene rings is 3. The van der Waals surface area contributed by atoms with Gasteiger partial charge in [0.15, 0.2) is 0 Å². The van der Waals surface area contributed by atoms with Crippen LogP contribution in [-0.4, -0.2) is 5.71 Å². The second kappa shape index (κ2) is 7.40.